The van der Waals surface area contributed by atoms with Gasteiger partial charge in [0.1, 0.15) is 11.4 Å². The van der Waals surface area contributed by atoms with Gasteiger partial charge in [0.2, 0.25) is 0 Å². The number of fused-ring (bicyclic) bond motifs is 1. The zero-order chi connectivity index (χ0) is 17.6. The van der Waals surface area contributed by atoms with Crippen LogP contribution >= 0.6 is 0 Å². The van der Waals surface area contributed by atoms with E-state index >= 15 is 0 Å². The topological polar surface area (TPSA) is 77.2 Å². The Bertz CT molecular complexity index is 840. The Morgan fingerprint density at radius 3 is 2.46 bits per heavy atom. The van der Waals surface area contributed by atoms with Crippen LogP contribution < -0.4 is 0 Å². The van der Waals surface area contributed by atoms with Crippen molar-refractivity contribution in [2.24, 2.45) is 11.3 Å². The Morgan fingerprint density at radius 2 is 1.88 bits per heavy atom. The van der Waals surface area contributed by atoms with Crippen LogP contribution in [0.5, 0.6) is 0 Å². The van der Waals surface area contributed by atoms with Crippen molar-refractivity contribution in [2.45, 2.75) is 47.0 Å². The number of rotatable bonds is 3. The lowest BCUT2D eigenvalue weighted by molar-refractivity contribution is -0.137. The van der Waals surface area contributed by atoms with Crippen molar-refractivity contribution < 1.29 is 18.8 Å². The van der Waals surface area contributed by atoms with Crippen molar-refractivity contribution in [3.8, 4) is 0 Å². The molecule has 0 radical (unpaired) electrons. The molecular formula is C19H21NO4. The van der Waals surface area contributed by atoms with Gasteiger partial charge in [0.15, 0.2) is 28.8 Å². The number of oxazole rings is 1. The molecule has 1 heterocycles. The molecule has 5 nitrogen and oxygen atoms in total. The lowest BCUT2D eigenvalue weighted by Gasteiger charge is -2.31. The maximum absolute atomic E-state index is 12.9. The number of hydrogen-bond donors (Lipinski definition) is 0. The highest BCUT2D eigenvalue weighted by atomic mass is 16.3. The van der Waals surface area contributed by atoms with Gasteiger partial charge in [-0.05, 0) is 30.0 Å². The number of aryl methyl sites for hydroxylation is 2. The normalized spacial score (nSPS) is 18.3. The van der Waals surface area contributed by atoms with E-state index in [0.29, 0.717) is 34.5 Å². The maximum Gasteiger partial charge on any atom is 0.195 e. The summed E-state index contributed by atoms with van der Waals surface area (Å²) in [4.78, 5) is 42.0. The predicted molar refractivity (Wildman–Crippen MR) is 89.0 cm³/mol. The van der Waals surface area contributed by atoms with E-state index in [1.165, 1.54) is 0 Å². The van der Waals surface area contributed by atoms with Gasteiger partial charge >= 0.3 is 0 Å². The summed E-state index contributed by atoms with van der Waals surface area (Å²) < 4.78 is 5.59. The number of nitrogens with zero attached hydrogens (tertiary/aromatic N) is 1. The SMILES string of the molecule is CCc1nc2c(C)c(C(=O)C3C(=O)CC(C)(C)CC3=O)ccc2o1. The molecule has 0 atom stereocenters. The lowest BCUT2D eigenvalue weighted by atomic mass is 9.69. The molecular weight excluding hydrogens is 306 g/mol. The van der Waals surface area contributed by atoms with Crippen molar-refractivity contribution in [3.63, 3.8) is 0 Å². The summed E-state index contributed by atoms with van der Waals surface area (Å²) in [6.45, 7) is 7.47. The third-order valence-corrected chi connectivity index (χ3v) is 4.64. The molecule has 1 aliphatic carbocycles. The summed E-state index contributed by atoms with van der Waals surface area (Å²) in [6, 6.07) is 3.31. The summed E-state index contributed by atoms with van der Waals surface area (Å²) in [5.74, 6) is -1.55. The van der Waals surface area contributed by atoms with E-state index in [1.807, 2.05) is 20.8 Å². The van der Waals surface area contributed by atoms with Crippen molar-refractivity contribution in [1.29, 1.82) is 0 Å². The van der Waals surface area contributed by atoms with Gasteiger partial charge in [0, 0.05) is 24.8 Å². The molecule has 126 valence electrons. The van der Waals surface area contributed by atoms with Crippen LogP contribution in [-0.4, -0.2) is 22.3 Å². The van der Waals surface area contributed by atoms with Gasteiger partial charge < -0.3 is 4.42 Å². The molecule has 0 saturated heterocycles. The lowest BCUT2D eigenvalue weighted by Crippen LogP contribution is -2.42. The van der Waals surface area contributed by atoms with Crippen LogP contribution in [0.4, 0.5) is 0 Å². The fourth-order valence-corrected chi connectivity index (χ4v) is 3.43. The number of ketones is 3. The Balaban J connectivity index is 2.01. The van der Waals surface area contributed by atoms with Gasteiger partial charge in [-0.1, -0.05) is 20.8 Å². The van der Waals surface area contributed by atoms with Crippen LogP contribution in [0.1, 0.15) is 55.4 Å². The summed E-state index contributed by atoms with van der Waals surface area (Å²) >= 11 is 0. The number of Topliss-reactive ketones (excluding diaryl/α,β-unsaturated/α-hetero) is 3. The third-order valence-electron chi connectivity index (χ3n) is 4.64. The molecule has 1 aromatic carbocycles. The fraction of sp³-hybridized carbons (Fsp3) is 0.474. The Kier molecular flexibility index (Phi) is 3.90. The largest absolute Gasteiger partial charge is 0.441 e. The number of hydrogen-bond acceptors (Lipinski definition) is 5. The molecule has 1 fully saturated rings. The number of aromatic nitrogens is 1. The average Bonchev–Trinajstić information content (AvgIpc) is 2.89. The van der Waals surface area contributed by atoms with Crippen molar-refractivity contribution in [1.82, 2.24) is 4.98 Å². The standard InChI is InChI=1S/C19H21NO4/c1-5-15-20-17-10(2)11(6-7-14(17)24-15)18(23)16-12(21)8-19(3,4)9-13(16)22/h6-7,16H,5,8-9H2,1-4H3. The van der Waals surface area contributed by atoms with Gasteiger partial charge in [0.25, 0.3) is 0 Å². The van der Waals surface area contributed by atoms with Crippen LogP contribution in [-0.2, 0) is 16.0 Å². The minimum absolute atomic E-state index is 0.250. The second kappa shape index (κ2) is 5.65. The Labute approximate surface area is 140 Å². The third kappa shape index (κ3) is 2.68. The van der Waals surface area contributed by atoms with Crippen LogP contribution in [0, 0.1) is 18.3 Å². The van der Waals surface area contributed by atoms with E-state index in [1.54, 1.807) is 19.1 Å². The van der Waals surface area contributed by atoms with E-state index in [9.17, 15) is 14.4 Å². The summed E-state index contributed by atoms with van der Waals surface area (Å²) in [5, 5.41) is 0. The molecule has 2 aromatic rings. The second-order valence-corrected chi connectivity index (χ2v) is 7.29. The zero-order valence-electron chi connectivity index (χ0n) is 14.4. The minimum Gasteiger partial charge on any atom is -0.441 e. The molecule has 0 unspecified atom stereocenters. The quantitative estimate of drug-likeness (QED) is 0.637. The minimum atomic E-state index is -1.17. The Morgan fingerprint density at radius 1 is 1.25 bits per heavy atom. The highest BCUT2D eigenvalue weighted by Crippen LogP contribution is 2.36. The van der Waals surface area contributed by atoms with Crippen molar-refractivity contribution in [2.75, 3.05) is 0 Å². The average molecular weight is 327 g/mol. The number of carbonyl (C=O) groups is 3. The second-order valence-electron chi connectivity index (χ2n) is 7.29. The van der Waals surface area contributed by atoms with Gasteiger partial charge in [-0.2, -0.15) is 0 Å². The fourth-order valence-electron chi connectivity index (χ4n) is 3.43. The van der Waals surface area contributed by atoms with E-state index in [2.05, 4.69) is 4.98 Å². The molecule has 3 rings (SSSR count). The molecule has 0 amide bonds. The first-order valence-corrected chi connectivity index (χ1v) is 8.22. The van der Waals surface area contributed by atoms with Gasteiger partial charge in [-0.25, -0.2) is 4.98 Å². The number of benzene rings is 1. The molecule has 1 aliphatic rings. The summed E-state index contributed by atoms with van der Waals surface area (Å²) in [6.07, 6.45) is 1.16. The highest BCUT2D eigenvalue weighted by Gasteiger charge is 2.43. The molecule has 0 N–H and O–H groups in total. The van der Waals surface area contributed by atoms with Crippen LogP contribution in [0.3, 0.4) is 0 Å². The van der Waals surface area contributed by atoms with Crippen LogP contribution in [0.25, 0.3) is 11.1 Å². The molecule has 5 heteroatoms. The molecule has 0 spiro atoms. The first kappa shape index (κ1) is 16.6. The van der Waals surface area contributed by atoms with E-state index in [-0.39, 0.29) is 29.8 Å². The summed E-state index contributed by atoms with van der Waals surface area (Å²) in [5.41, 5.74) is 1.90. The number of carbonyl (C=O) groups excluding carboxylic acids is 3. The predicted octanol–water partition coefficient (Wildman–Crippen LogP) is 3.46. The molecule has 24 heavy (non-hydrogen) atoms. The van der Waals surface area contributed by atoms with Gasteiger partial charge in [-0.15, -0.1) is 0 Å². The first-order chi connectivity index (χ1) is 11.2. The van der Waals surface area contributed by atoms with E-state index in [4.69, 9.17) is 4.42 Å². The smallest absolute Gasteiger partial charge is 0.195 e. The monoisotopic (exact) mass is 327 g/mol. The van der Waals surface area contributed by atoms with Crippen molar-refractivity contribution >= 4 is 28.4 Å². The van der Waals surface area contributed by atoms with Gasteiger partial charge in [0.05, 0.1) is 0 Å². The van der Waals surface area contributed by atoms with E-state index < -0.39 is 11.7 Å². The zero-order valence-corrected chi connectivity index (χ0v) is 14.4. The van der Waals surface area contributed by atoms with Crippen LogP contribution in [0.2, 0.25) is 0 Å². The summed E-state index contributed by atoms with van der Waals surface area (Å²) in [7, 11) is 0. The Hall–Kier alpha value is -2.30. The molecule has 0 bridgehead atoms. The maximum atomic E-state index is 12.9. The van der Waals surface area contributed by atoms with Crippen LogP contribution in [0.15, 0.2) is 16.5 Å². The molecule has 1 aromatic heterocycles. The van der Waals surface area contributed by atoms with Crippen molar-refractivity contribution in [3.05, 3.63) is 29.2 Å². The van der Waals surface area contributed by atoms with E-state index in [0.717, 1.165) is 0 Å². The first-order valence-electron chi connectivity index (χ1n) is 8.22. The molecule has 0 aliphatic heterocycles. The highest BCUT2D eigenvalue weighted by molar-refractivity contribution is 6.26. The van der Waals surface area contributed by atoms with Gasteiger partial charge in [-0.3, -0.25) is 14.4 Å². The molecule has 1 saturated carbocycles.